The van der Waals surface area contributed by atoms with Crippen LogP contribution in [0.5, 0.6) is 0 Å². The van der Waals surface area contributed by atoms with Crippen LogP contribution in [0.25, 0.3) is 0 Å². The molecule has 0 aliphatic heterocycles. The third kappa shape index (κ3) is 4.18. The molecule has 7 heteroatoms. The first kappa shape index (κ1) is 18.1. The Hall–Kier alpha value is -2.25. The molecule has 1 heterocycles. The Balaban J connectivity index is 2.04. The van der Waals surface area contributed by atoms with E-state index in [1.807, 2.05) is 45.0 Å². The number of primary amides is 1. The molecule has 0 bridgehead atoms. The summed E-state index contributed by atoms with van der Waals surface area (Å²) in [4.78, 5) is 24.7. The maximum absolute atomic E-state index is 12.1. The molecule has 0 unspecified atom stereocenters. The van der Waals surface area contributed by atoms with Gasteiger partial charge in [0, 0.05) is 4.88 Å². The number of nitrogens with two attached hydrogens (primary N) is 1. The number of thiocarbonyl (C=S) groups is 1. The average Bonchev–Trinajstić information content (AvgIpc) is 2.75. The van der Waals surface area contributed by atoms with E-state index in [-0.39, 0.29) is 17.4 Å². The summed E-state index contributed by atoms with van der Waals surface area (Å²) < 4.78 is 0. The summed E-state index contributed by atoms with van der Waals surface area (Å²) in [5.41, 5.74) is 8.65. The van der Waals surface area contributed by atoms with Gasteiger partial charge in [0.2, 0.25) is 5.91 Å². The fourth-order valence-corrected chi connectivity index (χ4v) is 3.65. The summed E-state index contributed by atoms with van der Waals surface area (Å²) in [6, 6.07) is 7.68. The van der Waals surface area contributed by atoms with E-state index in [0.717, 1.165) is 21.6 Å². The van der Waals surface area contributed by atoms with Crippen LogP contribution in [-0.2, 0) is 11.2 Å². The maximum Gasteiger partial charge on any atom is 0.251 e. The zero-order valence-corrected chi connectivity index (χ0v) is 15.4. The lowest BCUT2D eigenvalue weighted by atomic mass is 10.1. The molecule has 0 radical (unpaired) electrons. The predicted octanol–water partition coefficient (Wildman–Crippen LogP) is 2.83. The quantitative estimate of drug-likeness (QED) is 0.731. The van der Waals surface area contributed by atoms with Crippen molar-refractivity contribution >= 4 is 45.5 Å². The summed E-state index contributed by atoms with van der Waals surface area (Å²) in [5, 5.41) is 6.24. The highest BCUT2D eigenvalue weighted by Gasteiger charge is 2.18. The first-order valence-corrected chi connectivity index (χ1v) is 8.57. The number of carbonyl (C=O) groups is 2. The van der Waals surface area contributed by atoms with Crippen LogP contribution in [0, 0.1) is 20.8 Å². The van der Waals surface area contributed by atoms with Crippen molar-refractivity contribution in [2.75, 3.05) is 5.32 Å². The lowest BCUT2D eigenvalue weighted by Crippen LogP contribution is -2.35. The largest absolute Gasteiger partial charge is 0.365 e. The standard InChI is InChI=1S/C17H19N3O2S2/c1-9-6-4-5-7-12(9)8-13(21)19-17(23)20-16-14(15(18)22)10(2)11(3)24-16/h4-7H,8H2,1-3H3,(H2,18,22)(H2,19,20,21,23). The molecule has 0 saturated heterocycles. The molecular weight excluding hydrogens is 342 g/mol. The molecule has 2 rings (SSSR count). The Labute approximate surface area is 150 Å². The Morgan fingerprint density at radius 2 is 1.88 bits per heavy atom. The number of benzene rings is 1. The van der Waals surface area contributed by atoms with Gasteiger partial charge in [0.15, 0.2) is 5.11 Å². The molecule has 4 N–H and O–H groups in total. The van der Waals surface area contributed by atoms with Gasteiger partial charge in [0.1, 0.15) is 5.00 Å². The second-order valence-electron chi connectivity index (χ2n) is 5.46. The van der Waals surface area contributed by atoms with Crippen molar-refractivity contribution in [1.82, 2.24) is 5.32 Å². The van der Waals surface area contributed by atoms with Crippen molar-refractivity contribution in [2.45, 2.75) is 27.2 Å². The highest BCUT2D eigenvalue weighted by molar-refractivity contribution is 7.80. The second kappa shape index (κ2) is 7.55. The van der Waals surface area contributed by atoms with Crippen LogP contribution in [0.1, 0.15) is 31.9 Å². The number of carbonyl (C=O) groups excluding carboxylic acids is 2. The van der Waals surface area contributed by atoms with Gasteiger partial charge in [-0.15, -0.1) is 11.3 Å². The molecule has 126 valence electrons. The van der Waals surface area contributed by atoms with Gasteiger partial charge >= 0.3 is 0 Å². The summed E-state index contributed by atoms with van der Waals surface area (Å²) in [5.74, 6) is -0.735. The highest BCUT2D eigenvalue weighted by Crippen LogP contribution is 2.31. The van der Waals surface area contributed by atoms with E-state index in [9.17, 15) is 9.59 Å². The van der Waals surface area contributed by atoms with Gasteiger partial charge in [0.05, 0.1) is 12.0 Å². The van der Waals surface area contributed by atoms with Gasteiger partial charge in [-0.05, 0) is 49.7 Å². The van der Waals surface area contributed by atoms with Crippen molar-refractivity contribution in [3.8, 4) is 0 Å². The van der Waals surface area contributed by atoms with Crippen LogP contribution in [0.4, 0.5) is 5.00 Å². The lowest BCUT2D eigenvalue weighted by Gasteiger charge is -2.10. The topological polar surface area (TPSA) is 84.2 Å². The summed E-state index contributed by atoms with van der Waals surface area (Å²) in [6.45, 7) is 5.68. The monoisotopic (exact) mass is 361 g/mol. The zero-order chi connectivity index (χ0) is 17.9. The van der Waals surface area contributed by atoms with Crippen molar-refractivity contribution < 1.29 is 9.59 Å². The Kier molecular flexibility index (Phi) is 5.69. The molecule has 1 aromatic heterocycles. The normalized spacial score (nSPS) is 10.3. The lowest BCUT2D eigenvalue weighted by molar-refractivity contribution is -0.119. The van der Waals surface area contributed by atoms with E-state index >= 15 is 0 Å². The van der Waals surface area contributed by atoms with Gasteiger partial charge in [0.25, 0.3) is 5.91 Å². The highest BCUT2D eigenvalue weighted by atomic mass is 32.1. The summed E-state index contributed by atoms with van der Waals surface area (Å²) in [7, 11) is 0. The first-order chi connectivity index (χ1) is 11.3. The molecule has 0 saturated carbocycles. The van der Waals surface area contributed by atoms with Crippen molar-refractivity contribution in [3.05, 3.63) is 51.4 Å². The molecule has 0 aliphatic rings. The van der Waals surface area contributed by atoms with Crippen LogP contribution in [-0.4, -0.2) is 16.9 Å². The molecule has 0 aliphatic carbocycles. The summed E-state index contributed by atoms with van der Waals surface area (Å²) in [6.07, 6.45) is 0.236. The number of nitrogens with one attached hydrogen (secondary N) is 2. The molecule has 0 fully saturated rings. The van der Waals surface area contributed by atoms with Crippen LogP contribution in [0.2, 0.25) is 0 Å². The maximum atomic E-state index is 12.1. The molecule has 1 aromatic carbocycles. The number of anilines is 1. The van der Waals surface area contributed by atoms with E-state index in [1.165, 1.54) is 11.3 Å². The van der Waals surface area contributed by atoms with E-state index < -0.39 is 5.91 Å². The number of hydrogen-bond acceptors (Lipinski definition) is 4. The Bertz CT molecular complexity index is 812. The van der Waals surface area contributed by atoms with E-state index in [4.69, 9.17) is 18.0 Å². The molecule has 5 nitrogen and oxygen atoms in total. The van der Waals surface area contributed by atoms with Gasteiger partial charge in [-0.25, -0.2) is 0 Å². The minimum atomic E-state index is -0.520. The zero-order valence-electron chi connectivity index (χ0n) is 13.7. The molecule has 2 amide bonds. The molecule has 0 spiro atoms. The molecular formula is C17H19N3O2S2. The minimum absolute atomic E-state index is 0.150. The molecule has 0 atom stereocenters. The van der Waals surface area contributed by atoms with Crippen LogP contribution >= 0.6 is 23.6 Å². The van der Waals surface area contributed by atoms with E-state index in [1.54, 1.807) is 0 Å². The van der Waals surface area contributed by atoms with Crippen molar-refractivity contribution in [2.24, 2.45) is 5.73 Å². The van der Waals surface area contributed by atoms with Crippen molar-refractivity contribution in [3.63, 3.8) is 0 Å². The van der Waals surface area contributed by atoms with Gasteiger partial charge < -0.3 is 16.4 Å². The first-order valence-electron chi connectivity index (χ1n) is 7.34. The number of hydrogen-bond donors (Lipinski definition) is 3. The molecule has 2 aromatic rings. The van der Waals surface area contributed by atoms with Crippen LogP contribution < -0.4 is 16.4 Å². The SMILES string of the molecule is Cc1ccccc1CC(=O)NC(=S)Nc1sc(C)c(C)c1C(N)=O. The number of thiophene rings is 1. The summed E-state index contributed by atoms with van der Waals surface area (Å²) >= 11 is 6.55. The number of rotatable bonds is 4. The third-order valence-electron chi connectivity index (χ3n) is 3.72. The van der Waals surface area contributed by atoms with E-state index in [0.29, 0.717) is 10.6 Å². The van der Waals surface area contributed by atoms with Gasteiger partial charge in [-0.1, -0.05) is 24.3 Å². The van der Waals surface area contributed by atoms with Crippen LogP contribution in [0.3, 0.4) is 0 Å². The Morgan fingerprint density at radius 1 is 1.21 bits per heavy atom. The number of aryl methyl sites for hydroxylation is 2. The number of amides is 2. The third-order valence-corrected chi connectivity index (χ3v) is 5.05. The van der Waals surface area contributed by atoms with Gasteiger partial charge in [-0.2, -0.15) is 0 Å². The Morgan fingerprint density at radius 3 is 2.50 bits per heavy atom. The fourth-order valence-electron chi connectivity index (χ4n) is 2.30. The fraction of sp³-hybridized carbons (Fsp3) is 0.235. The second-order valence-corrected chi connectivity index (χ2v) is 7.09. The van der Waals surface area contributed by atoms with E-state index in [2.05, 4.69) is 10.6 Å². The molecule has 24 heavy (non-hydrogen) atoms. The smallest absolute Gasteiger partial charge is 0.251 e. The average molecular weight is 361 g/mol. The van der Waals surface area contributed by atoms with Crippen LogP contribution in [0.15, 0.2) is 24.3 Å². The minimum Gasteiger partial charge on any atom is -0.365 e. The van der Waals surface area contributed by atoms with Gasteiger partial charge in [-0.3, -0.25) is 9.59 Å². The van der Waals surface area contributed by atoms with Crippen molar-refractivity contribution in [1.29, 1.82) is 0 Å². The predicted molar refractivity (Wildman–Crippen MR) is 102 cm³/mol.